The number of carbonyl (C=O) groups is 7. The molecule has 0 bridgehead atoms. The normalized spacial score (nSPS) is 18.7. The maximum Gasteiger partial charge on any atom is 0.338 e. The van der Waals surface area contributed by atoms with Crippen molar-refractivity contribution in [2.45, 2.75) is 125 Å². The van der Waals surface area contributed by atoms with Crippen LogP contribution in [-0.2, 0) is 109 Å². The molecule has 3 aromatic carbocycles. The number of ketones is 1. The Kier molecular flexibility index (Phi) is 49.1. The molecular weight excluding hydrogens is 1600 g/mol. The molecule has 0 saturated carbocycles. The summed E-state index contributed by atoms with van der Waals surface area (Å²) in [5.41, 5.74) is -2.84. The lowest BCUT2D eigenvalue weighted by Crippen LogP contribution is -2.34. The van der Waals surface area contributed by atoms with Gasteiger partial charge in [-0.3, -0.25) is 57.6 Å². The number of Topliss-reactive ketones (excluding diaryl/α,β-unsaturated/α-hetero) is 1. The van der Waals surface area contributed by atoms with Crippen LogP contribution in [-0.4, -0.2) is 252 Å². The van der Waals surface area contributed by atoms with Crippen LogP contribution in [0.2, 0.25) is 0 Å². The van der Waals surface area contributed by atoms with Gasteiger partial charge in [0.15, 0.2) is 24.5 Å². The average molecular weight is 1710 g/mol. The van der Waals surface area contributed by atoms with Crippen LogP contribution in [0.4, 0.5) is 0 Å². The van der Waals surface area contributed by atoms with Crippen LogP contribution in [0.15, 0.2) is 142 Å². The summed E-state index contributed by atoms with van der Waals surface area (Å²) in [5.74, 6) is -4.28. The third-order valence-electron chi connectivity index (χ3n) is 14.5. The Balaban J connectivity index is 0. The minimum absolute atomic E-state index is 0.000922. The van der Waals surface area contributed by atoms with Crippen LogP contribution in [0.25, 0.3) is 0 Å². The molecule has 0 spiro atoms. The summed E-state index contributed by atoms with van der Waals surface area (Å²) in [4.78, 5) is 125. The van der Waals surface area contributed by atoms with E-state index < -0.39 is 134 Å². The predicted molar refractivity (Wildman–Crippen MR) is 416 cm³/mol. The molecule has 39 heteroatoms. The molecule has 3 aliphatic rings. The van der Waals surface area contributed by atoms with Crippen LogP contribution in [0.5, 0.6) is 0 Å². The van der Waals surface area contributed by atoms with Crippen LogP contribution in [0.1, 0.15) is 69.1 Å². The molecule has 3 fully saturated rings. The fraction of sp³-hybridized carbons (Fsp3) is 0.515. The second-order valence-electron chi connectivity index (χ2n) is 25.8. The lowest BCUT2D eigenvalue weighted by atomic mass is 10.2. The Morgan fingerprint density at radius 2 is 0.850 bits per heavy atom. The fourth-order valence-electron chi connectivity index (χ4n) is 9.02. The van der Waals surface area contributed by atoms with Crippen molar-refractivity contribution in [2.75, 3.05) is 98.0 Å². The van der Waals surface area contributed by atoms with Gasteiger partial charge >= 0.3 is 33.1 Å². The van der Waals surface area contributed by atoms with Crippen molar-refractivity contribution in [2.24, 2.45) is 0 Å². The number of carboxylic acids is 1. The van der Waals surface area contributed by atoms with Crippen molar-refractivity contribution in [3.8, 4) is 0 Å². The monoisotopic (exact) mass is 1710 g/mol. The van der Waals surface area contributed by atoms with Crippen molar-refractivity contribution in [1.82, 2.24) is 15.2 Å². The third kappa shape index (κ3) is 42.7. The van der Waals surface area contributed by atoms with E-state index in [1.54, 1.807) is 110 Å². The quantitative estimate of drug-likeness (QED) is 0.00984. The lowest BCUT2D eigenvalue weighted by Gasteiger charge is -2.20. The number of rotatable bonds is 30. The maximum atomic E-state index is 12.1. The molecule has 0 aromatic heterocycles. The summed E-state index contributed by atoms with van der Waals surface area (Å²) >= 11 is 3.13. The Labute approximate surface area is 635 Å². The number of hydroxylamine groups is 6. The second kappa shape index (κ2) is 50.6. The lowest BCUT2D eigenvalue weighted by molar-refractivity contribution is -0.225. The Hall–Kier alpha value is -5.24. The van der Waals surface area contributed by atoms with Gasteiger partial charge in [-0.1, -0.05) is 131 Å². The number of carboxylic acid groups (broad SMARTS) is 1. The number of nitrogens with zero attached hydrogens (tertiary/aromatic N) is 3. The number of alkyl halides is 1. The SMILES string of the molecule is C=CCBr.C=CCC(C(=O)COCc1ccccc1)P(C)(C)=O.C=CCC(C(=O)O)P(C)(C)=O.C=CCC(C(=O)OCC)P(C)(C)=O.CCOC(=O)CP(C)(C)=O.CP(C)(=O)C1CC(O)N(OCc2ccccc2)C1=O.O=C1C(P(=O)(O)O)CC(O)N1O.O=C1C(P(=O)(O)O)CC(O)N1OCc1ccccc1. The maximum absolute atomic E-state index is 12.1. The van der Waals surface area contributed by atoms with Crippen molar-refractivity contribution in [1.29, 1.82) is 0 Å². The number of aliphatic hydroxyl groups excluding tert-OH is 3. The molecule has 0 radical (unpaired) electrons. The molecule has 3 saturated heterocycles. The zero-order chi connectivity index (χ0) is 83.1. The molecule has 31 nitrogen and oxygen atoms in total. The van der Waals surface area contributed by atoms with E-state index in [4.69, 9.17) is 54.1 Å². The standard InChI is InChI=1S/C15H21O3P.C13H18NO4P.C11H14NO6P.C9H17O3P.C7H13O3P.C6H13O3P.C4H8NO6P.C3H5Br/c1-4-8-15(19(2,3)17)14(16)12-18-11-13-9-6-5-7-10-13;1-19(2,17)11-8-12(15)14(13(11)16)18-9-10-6-4-3-5-7-10;13-10-6-9(19(15,16)17)11(14)12(10)18-7-8-4-2-1-3-5-8;1-5-7-8(13(3,4)11)9(10)12-6-2;1-4-5-6(7(8)9)11(2,3)10;1-4-9-6(7)5-10(2,3)8;6-3-1-2(12(9,10)11)4(7)5(3)8;1-2-3-4/h4-7,9-10,15H,1,8,11-12H2,2-3H3;3-7,11-12,15H,8-9H2,1-2H3;1-5,9-10,13H,6-7H2,(H2,15,16,17);5,8H,1,6-7H2,2-4H3;4,6H,1,5H2,2-3H3,(H,8,9);4-5H2,1-3H3;2-3,6,8H,1H2,(H2,9,10,11);2H,1,3H2. The van der Waals surface area contributed by atoms with Crippen molar-refractivity contribution in [3.63, 3.8) is 0 Å². The second-order valence-corrected chi connectivity index (χ2v) is 47.5. The Morgan fingerprint density at radius 1 is 0.514 bits per heavy atom. The number of esters is 2. The first kappa shape index (κ1) is 104. The number of ether oxygens (including phenoxy) is 3. The zero-order valence-corrected chi connectivity index (χ0v) is 70.4. The minimum Gasteiger partial charge on any atom is -0.481 e. The van der Waals surface area contributed by atoms with E-state index in [0.29, 0.717) is 37.7 Å². The molecule has 3 heterocycles. The number of carbonyl (C=O) groups excluding carboxylic acids is 6. The fourth-order valence-corrected chi connectivity index (χ4v) is 16.7. The van der Waals surface area contributed by atoms with Crippen LogP contribution >= 0.6 is 66.8 Å². The molecule has 9 atom stereocenters. The summed E-state index contributed by atoms with van der Waals surface area (Å²) in [7, 11) is -21.3. The van der Waals surface area contributed by atoms with Gasteiger partial charge in [0.2, 0.25) is 0 Å². The number of hydrogen-bond acceptors (Lipinski definition) is 23. The van der Waals surface area contributed by atoms with E-state index in [1.165, 1.54) is 19.4 Å². The van der Waals surface area contributed by atoms with Crippen molar-refractivity contribution >= 4 is 108 Å². The molecule has 3 aromatic rings. The smallest absolute Gasteiger partial charge is 0.338 e. The highest BCUT2D eigenvalue weighted by Gasteiger charge is 2.50. The molecule has 606 valence electrons. The van der Waals surface area contributed by atoms with Crippen molar-refractivity contribution in [3.05, 3.63) is 158 Å². The molecule has 3 amide bonds. The first-order chi connectivity index (χ1) is 49.3. The number of aliphatic hydroxyl groups is 3. The molecule has 6 rings (SSSR count). The summed E-state index contributed by atoms with van der Waals surface area (Å²) in [6.07, 6.45) is 3.22. The predicted octanol–water partition coefficient (Wildman–Crippen LogP) is 10.2. The first-order valence-corrected chi connectivity index (χ1v) is 50.8. The molecule has 9 unspecified atom stereocenters. The van der Waals surface area contributed by atoms with Gasteiger partial charge in [0.25, 0.3) is 17.7 Å². The van der Waals surface area contributed by atoms with Crippen molar-refractivity contribution < 1.29 is 135 Å². The number of halogens is 1. The van der Waals surface area contributed by atoms with Gasteiger partial charge in [-0.2, -0.15) is 15.2 Å². The number of hydrogen-bond donors (Lipinski definition) is 9. The third-order valence-corrected chi connectivity index (χ3v) is 26.3. The summed E-state index contributed by atoms with van der Waals surface area (Å²) in [5, 5.41) is 48.0. The van der Waals surface area contributed by atoms with Gasteiger partial charge in [-0.25, -0.2) is 0 Å². The van der Waals surface area contributed by atoms with Crippen LogP contribution in [0.3, 0.4) is 0 Å². The van der Waals surface area contributed by atoms with Crippen LogP contribution in [0, 0.1) is 0 Å². The van der Waals surface area contributed by atoms with E-state index in [0.717, 1.165) is 27.1 Å². The van der Waals surface area contributed by atoms with E-state index in [9.17, 15) is 75.7 Å². The van der Waals surface area contributed by atoms with Gasteiger partial charge in [0.05, 0.1) is 73.0 Å². The molecule has 3 aliphatic heterocycles. The summed E-state index contributed by atoms with van der Waals surface area (Å²) in [6.45, 7) is 34.5. The van der Waals surface area contributed by atoms with Gasteiger partial charge in [-0.05, 0) is 116 Å². The molecule has 0 aliphatic carbocycles. The van der Waals surface area contributed by atoms with Gasteiger partial charge in [0.1, 0.15) is 42.5 Å². The highest BCUT2D eigenvalue weighted by molar-refractivity contribution is 9.09. The largest absolute Gasteiger partial charge is 0.481 e. The molecule has 9 N–H and O–H groups in total. The van der Waals surface area contributed by atoms with Gasteiger partial charge < -0.3 is 77.0 Å². The number of benzene rings is 3. The van der Waals surface area contributed by atoms with E-state index in [-0.39, 0.29) is 68.0 Å². The zero-order valence-electron chi connectivity index (χ0n) is 62.5. The van der Waals surface area contributed by atoms with E-state index >= 15 is 0 Å². The van der Waals surface area contributed by atoms with E-state index in [2.05, 4.69) is 47.0 Å². The van der Waals surface area contributed by atoms with Gasteiger partial charge in [-0.15, -0.1) is 26.3 Å². The number of allylic oxidation sites excluding steroid dienone is 4. The highest BCUT2D eigenvalue weighted by Crippen LogP contribution is 2.51. The molecule has 107 heavy (non-hydrogen) atoms. The number of amides is 3. The Bertz CT molecular complexity index is 3560. The highest BCUT2D eigenvalue weighted by atomic mass is 79.9. The summed E-state index contributed by atoms with van der Waals surface area (Å²) < 4.78 is 94.5. The molecular formula is C68H109BrN3O28P7. The average Bonchev–Trinajstić information content (AvgIpc) is 1.67. The van der Waals surface area contributed by atoms with E-state index in [1.807, 2.05) is 66.7 Å². The first-order valence-electron chi connectivity index (χ1n) is 32.8. The number of aliphatic carboxylic acids is 1. The van der Waals surface area contributed by atoms with Crippen LogP contribution < -0.4 is 0 Å². The van der Waals surface area contributed by atoms with Gasteiger partial charge in [0, 0.05) is 24.6 Å². The Morgan fingerprint density at radius 3 is 1.12 bits per heavy atom. The minimum atomic E-state index is -4.57. The summed E-state index contributed by atoms with van der Waals surface area (Å²) in [6, 6.07) is 28.0. The topological polar surface area (TPSA) is 477 Å².